The maximum Gasteiger partial charge on any atom is 0.0556 e. The third-order valence-corrected chi connectivity index (χ3v) is 9.56. The van der Waals surface area contributed by atoms with Crippen LogP contribution in [0.1, 0.15) is 167 Å². The van der Waals surface area contributed by atoms with Crippen LogP contribution in [0.4, 0.5) is 5.69 Å². The molecular formula is C39H74N2O. The molecule has 0 heterocycles. The molecule has 0 aromatic heterocycles. The lowest BCUT2D eigenvalue weighted by Gasteiger charge is -2.28. The third-order valence-electron chi connectivity index (χ3n) is 9.56. The van der Waals surface area contributed by atoms with Crippen LogP contribution in [0.25, 0.3) is 0 Å². The summed E-state index contributed by atoms with van der Waals surface area (Å²) in [5, 5.41) is 12.3. The van der Waals surface area contributed by atoms with Gasteiger partial charge in [-0.3, -0.25) is 0 Å². The lowest BCUT2D eigenvalue weighted by molar-refractivity contribution is 0.265. The summed E-state index contributed by atoms with van der Waals surface area (Å²) in [5.74, 6) is 1.95. The van der Waals surface area contributed by atoms with E-state index in [1.807, 2.05) is 0 Å². The standard InChI is InChI=1S/C22H44.C17H30N2O/c1-21-17-13-10-8-6-4-3-5-7-9-11-14-18-22(2)20-16-12-15-19-21;1-7-19(6)16-13(2)10-15(11-14(16)3)12-17(4,5)18-8-9-20/h21-22H,3-20H2,1-2H3;10-11,18,20H,7-9,12H2,1-6H3. The van der Waals surface area contributed by atoms with Crippen molar-refractivity contribution in [2.75, 3.05) is 31.6 Å². The summed E-state index contributed by atoms with van der Waals surface area (Å²) >= 11 is 0. The zero-order chi connectivity index (χ0) is 31.2. The molecule has 1 aromatic rings. The van der Waals surface area contributed by atoms with E-state index in [2.05, 4.69) is 77.9 Å². The number of nitrogens with one attached hydrogen (secondary N) is 1. The average Bonchev–Trinajstić information content (AvgIpc) is 2.93. The Balaban J connectivity index is 0.000000422. The first-order chi connectivity index (χ1) is 20.1. The average molecular weight is 587 g/mol. The van der Waals surface area contributed by atoms with Crippen molar-refractivity contribution in [2.45, 2.75) is 176 Å². The third kappa shape index (κ3) is 18.6. The number of aliphatic hydroxyl groups is 1. The molecule has 0 spiro atoms. The quantitative estimate of drug-likeness (QED) is 0.333. The Morgan fingerprint density at radius 1 is 0.714 bits per heavy atom. The predicted octanol–water partition coefficient (Wildman–Crippen LogP) is 11.0. The van der Waals surface area contributed by atoms with Crippen molar-refractivity contribution in [3.05, 3.63) is 28.8 Å². The Kier molecular flexibility index (Phi) is 21.7. The first-order valence-electron chi connectivity index (χ1n) is 18.3. The number of β-amino-alcohol motifs (C(OH)–C–C–N with tert-alkyl or cyclic N) is 1. The van der Waals surface area contributed by atoms with Gasteiger partial charge in [0.15, 0.2) is 0 Å². The van der Waals surface area contributed by atoms with Crippen LogP contribution in [-0.2, 0) is 6.42 Å². The molecule has 3 nitrogen and oxygen atoms in total. The van der Waals surface area contributed by atoms with Crippen LogP contribution in [0, 0.1) is 25.7 Å². The highest BCUT2D eigenvalue weighted by molar-refractivity contribution is 5.59. The number of aryl methyl sites for hydroxylation is 2. The molecule has 1 saturated carbocycles. The maximum atomic E-state index is 8.94. The summed E-state index contributed by atoms with van der Waals surface area (Å²) in [6.45, 7) is 17.7. The molecule has 1 aromatic carbocycles. The van der Waals surface area contributed by atoms with Gasteiger partial charge in [0, 0.05) is 31.4 Å². The molecular weight excluding hydrogens is 512 g/mol. The molecule has 246 valence electrons. The number of hydrogen-bond donors (Lipinski definition) is 2. The van der Waals surface area contributed by atoms with Gasteiger partial charge in [-0.25, -0.2) is 0 Å². The Morgan fingerprint density at radius 3 is 1.43 bits per heavy atom. The fraction of sp³-hybridized carbons (Fsp3) is 0.846. The summed E-state index contributed by atoms with van der Waals surface area (Å²) in [5.41, 5.74) is 5.37. The SMILES string of the molecule is CC1CCCCCCCCCCCCCC(C)CCCCC1.CCN(C)c1c(C)cc(CC(C)(C)NCCO)cc1C. The highest BCUT2D eigenvalue weighted by atomic mass is 16.3. The summed E-state index contributed by atoms with van der Waals surface area (Å²) in [6.07, 6.45) is 27.7. The molecule has 3 heteroatoms. The van der Waals surface area contributed by atoms with E-state index in [4.69, 9.17) is 5.11 Å². The van der Waals surface area contributed by atoms with Crippen molar-refractivity contribution in [2.24, 2.45) is 11.8 Å². The minimum Gasteiger partial charge on any atom is -0.395 e. The van der Waals surface area contributed by atoms with E-state index in [0.29, 0.717) is 6.54 Å². The number of aliphatic hydroxyl groups excluding tert-OH is 1. The van der Waals surface area contributed by atoms with Crippen molar-refractivity contribution >= 4 is 5.69 Å². The number of anilines is 1. The van der Waals surface area contributed by atoms with E-state index < -0.39 is 0 Å². The first kappa shape index (κ1) is 39.0. The van der Waals surface area contributed by atoms with E-state index in [9.17, 15) is 0 Å². The van der Waals surface area contributed by atoms with Crippen LogP contribution >= 0.6 is 0 Å². The van der Waals surface area contributed by atoms with Crippen molar-refractivity contribution < 1.29 is 5.11 Å². The normalized spacial score (nSPS) is 21.2. The summed E-state index contributed by atoms with van der Waals surface area (Å²) in [6, 6.07) is 4.58. The van der Waals surface area contributed by atoms with E-state index in [-0.39, 0.29) is 12.1 Å². The van der Waals surface area contributed by atoms with Crippen LogP contribution in [0.3, 0.4) is 0 Å². The van der Waals surface area contributed by atoms with Gasteiger partial charge in [0.05, 0.1) is 6.61 Å². The zero-order valence-corrected chi connectivity index (χ0v) is 29.8. The molecule has 1 fully saturated rings. The fourth-order valence-electron chi connectivity index (χ4n) is 6.90. The second-order valence-electron chi connectivity index (χ2n) is 14.6. The van der Waals surface area contributed by atoms with Gasteiger partial charge in [0.2, 0.25) is 0 Å². The van der Waals surface area contributed by atoms with E-state index >= 15 is 0 Å². The van der Waals surface area contributed by atoms with Gasteiger partial charge in [-0.05, 0) is 69.6 Å². The Morgan fingerprint density at radius 2 is 1.07 bits per heavy atom. The predicted molar refractivity (Wildman–Crippen MR) is 189 cm³/mol. The lowest BCUT2D eigenvalue weighted by Crippen LogP contribution is -2.42. The van der Waals surface area contributed by atoms with Crippen molar-refractivity contribution in [3.8, 4) is 0 Å². The monoisotopic (exact) mass is 587 g/mol. The van der Waals surface area contributed by atoms with Crippen molar-refractivity contribution in [1.29, 1.82) is 0 Å². The maximum absolute atomic E-state index is 8.94. The summed E-state index contributed by atoms with van der Waals surface area (Å²) in [7, 11) is 2.14. The van der Waals surface area contributed by atoms with Gasteiger partial charge in [-0.1, -0.05) is 142 Å². The molecule has 0 radical (unpaired) electrons. The Labute approximate surface area is 264 Å². The van der Waals surface area contributed by atoms with Crippen LogP contribution in [-0.4, -0.2) is 37.4 Å². The van der Waals surface area contributed by atoms with Crippen LogP contribution in [0.15, 0.2) is 12.1 Å². The van der Waals surface area contributed by atoms with Gasteiger partial charge in [0.1, 0.15) is 0 Å². The second kappa shape index (κ2) is 23.3. The first-order valence-corrected chi connectivity index (χ1v) is 18.3. The largest absolute Gasteiger partial charge is 0.395 e. The number of benzene rings is 1. The van der Waals surface area contributed by atoms with Gasteiger partial charge >= 0.3 is 0 Å². The van der Waals surface area contributed by atoms with Crippen LogP contribution in [0.2, 0.25) is 0 Å². The molecule has 42 heavy (non-hydrogen) atoms. The van der Waals surface area contributed by atoms with Gasteiger partial charge < -0.3 is 15.3 Å². The molecule has 1 aliphatic rings. The molecule has 2 unspecified atom stereocenters. The molecule has 1 aliphatic carbocycles. The second-order valence-corrected chi connectivity index (χ2v) is 14.6. The minimum absolute atomic E-state index is 0.000214. The molecule has 2 N–H and O–H groups in total. The van der Waals surface area contributed by atoms with Crippen LogP contribution < -0.4 is 10.2 Å². The number of nitrogens with zero attached hydrogens (tertiary/aromatic N) is 1. The molecule has 0 amide bonds. The minimum atomic E-state index is -0.000214. The van der Waals surface area contributed by atoms with Crippen LogP contribution in [0.5, 0.6) is 0 Å². The highest BCUT2D eigenvalue weighted by Crippen LogP contribution is 2.27. The topological polar surface area (TPSA) is 35.5 Å². The van der Waals surface area contributed by atoms with Gasteiger partial charge in [-0.2, -0.15) is 0 Å². The van der Waals surface area contributed by atoms with E-state index in [1.54, 1.807) is 0 Å². The number of hydrogen-bond acceptors (Lipinski definition) is 3. The molecule has 0 saturated heterocycles. The Bertz CT molecular complexity index is 744. The molecule has 0 bridgehead atoms. The number of rotatable bonds is 7. The zero-order valence-electron chi connectivity index (χ0n) is 29.8. The molecule has 2 rings (SSSR count). The van der Waals surface area contributed by atoms with Crippen molar-refractivity contribution in [1.82, 2.24) is 5.32 Å². The molecule has 0 aliphatic heterocycles. The molecule has 2 atom stereocenters. The summed E-state index contributed by atoms with van der Waals surface area (Å²) < 4.78 is 0. The van der Waals surface area contributed by atoms with Gasteiger partial charge in [-0.15, -0.1) is 0 Å². The van der Waals surface area contributed by atoms with Crippen molar-refractivity contribution in [3.63, 3.8) is 0 Å². The van der Waals surface area contributed by atoms with E-state index in [1.165, 1.54) is 138 Å². The fourth-order valence-corrected chi connectivity index (χ4v) is 6.90. The van der Waals surface area contributed by atoms with E-state index in [0.717, 1.165) is 24.8 Å². The van der Waals surface area contributed by atoms with Gasteiger partial charge in [0.25, 0.3) is 0 Å². The highest BCUT2D eigenvalue weighted by Gasteiger charge is 2.18. The Hall–Kier alpha value is -1.06. The smallest absolute Gasteiger partial charge is 0.0556 e. The summed E-state index contributed by atoms with van der Waals surface area (Å²) in [4.78, 5) is 2.30. The lowest BCUT2D eigenvalue weighted by atomic mass is 9.92.